The first-order valence-corrected chi connectivity index (χ1v) is 35.6. The predicted octanol–water partition coefficient (Wildman–Crippen LogP) is 22.5. The lowest BCUT2D eigenvalue weighted by atomic mass is 9.75. The molecule has 0 saturated carbocycles. The normalized spacial score (nSPS) is 11.4. The van der Waals surface area contributed by atoms with Gasteiger partial charge in [0, 0.05) is 58.2 Å². The van der Waals surface area contributed by atoms with Gasteiger partial charge < -0.3 is 0 Å². The molecule has 0 aliphatic rings. The van der Waals surface area contributed by atoms with Crippen molar-refractivity contribution < 1.29 is 0 Å². The summed E-state index contributed by atoms with van der Waals surface area (Å²) in [6.07, 6.45) is 7.32. The molecular weight excluding hydrogens is 1300 g/mol. The fraction of sp³-hybridized carbons (Fsp3) is 0.0426. The summed E-state index contributed by atoms with van der Waals surface area (Å²) in [4.78, 5) is 40.8. The number of imidazole rings is 4. The summed E-state index contributed by atoms with van der Waals surface area (Å²) in [6, 6.07) is 110. The van der Waals surface area contributed by atoms with Crippen LogP contribution in [0.4, 0.5) is 0 Å². The van der Waals surface area contributed by atoms with Crippen LogP contribution in [0.15, 0.2) is 340 Å². The van der Waals surface area contributed by atoms with E-state index in [1.807, 2.05) is 67.3 Å². The van der Waals surface area contributed by atoms with Crippen molar-refractivity contribution in [1.82, 2.24) is 58.1 Å². The highest BCUT2D eigenvalue weighted by Crippen LogP contribution is 2.56. The molecule has 0 unspecified atom stereocenters. The molecule has 12 heteroatoms. The molecule has 0 amide bonds. The Morgan fingerprint density at radius 1 is 0.189 bits per heavy atom. The Kier molecular flexibility index (Phi) is 16.5. The molecule has 0 aliphatic heterocycles. The fourth-order valence-corrected chi connectivity index (χ4v) is 15.0. The standard InChI is InChI=1S/C49H35N3.C45H33N9/c1-34-20-17-18-32-41(34)52-48-40(31-19-33-50-48)51-49(52)47-45(38-27-13-5-14-28-38)43(36-23-9-3-10-24-36)42(35-21-7-2-8-22-35)44(37-25-11-4-12-26-37)46(47)39-29-15-6-16-30-39;1-28-13-4-7-19-37(28)52-40(49-34-16-10-22-46-43(34)52)31-25-32(41-50-35-17-11-23-47-44(35)53(41)38-20-8-5-14-29(38)2)27-33(26-31)42-51-36-18-12-24-48-45(36)54(42)39-21-9-6-15-30(39)3/h2-33H,1H3;4-27H,1-3H3. The molecule has 0 saturated heterocycles. The Hall–Kier alpha value is -14.1. The zero-order chi connectivity index (χ0) is 71.2. The zero-order valence-electron chi connectivity index (χ0n) is 58.7. The van der Waals surface area contributed by atoms with E-state index in [-0.39, 0.29) is 0 Å². The Morgan fingerprint density at radius 2 is 0.396 bits per heavy atom. The van der Waals surface area contributed by atoms with E-state index in [1.165, 1.54) is 5.56 Å². The van der Waals surface area contributed by atoms with Crippen molar-refractivity contribution in [3.63, 3.8) is 0 Å². The molecule has 504 valence electrons. The number of para-hydroxylation sites is 4. The molecule has 19 aromatic rings. The van der Waals surface area contributed by atoms with E-state index in [0.717, 1.165) is 185 Å². The van der Waals surface area contributed by atoms with E-state index in [0.29, 0.717) is 0 Å². The number of rotatable bonds is 13. The molecule has 19 rings (SSSR count). The second-order valence-corrected chi connectivity index (χ2v) is 26.5. The third-order valence-corrected chi connectivity index (χ3v) is 19.8. The lowest BCUT2D eigenvalue weighted by molar-refractivity contribution is 1.05. The number of nitrogens with zero attached hydrogens (tertiary/aromatic N) is 12. The van der Waals surface area contributed by atoms with Gasteiger partial charge in [-0.05, 0) is 185 Å². The van der Waals surface area contributed by atoms with Crippen LogP contribution in [0.3, 0.4) is 0 Å². The lowest BCUT2D eigenvalue weighted by Gasteiger charge is -2.28. The number of pyridine rings is 4. The summed E-state index contributed by atoms with van der Waals surface area (Å²) in [5.41, 5.74) is 30.0. The van der Waals surface area contributed by atoms with Crippen LogP contribution in [0.5, 0.6) is 0 Å². The maximum absolute atomic E-state index is 5.55. The molecule has 0 aliphatic carbocycles. The van der Waals surface area contributed by atoms with Crippen LogP contribution < -0.4 is 0 Å². The van der Waals surface area contributed by atoms with Crippen molar-refractivity contribution in [2.24, 2.45) is 0 Å². The highest BCUT2D eigenvalue weighted by molar-refractivity contribution is 6.15. The number of hydrogen-bond donors (Lipinski definition) is 0. The van der Waals surface area contributed by atoms with E-state index >= 15 is 0 Å². The number of hydrogen-bond acceptors (Lipinski definition) is 8. The highest BCUT2D eigenvalue weighted by Gasteiger charge is 2.33. The van der Waals surface area contributed by atoms with Gasteiger partial charge in [0.05, 0.1) is 22.7 Å². The molecule has 0 spiro atoms. The second-order valence-electron chi connectivity index (χ2n) is 26.5. The SMILES string of the molecule is Cc1ccccc1-n1c(-c2c(-c3ccccc3)c(-c3ccccc3)c(-c3ccccc3)c(-c3ccccc3)c2-c2ccccc2)nc2cccnc21.Cc1ccccc1-n1c(-c2cc(-c3nc4cccnc4n3-c3ccccc3C)cc(-c3nc4cccnc4n3-c3ccccc3C)c2)nc2cccnc21. The van der Waals surface area contributed by atoms with Crippen LogP contribution in [0, 0.1) is 27.7 Å². The summed E-state index contributed by atoms with van der Waals surface area (Å²) < 4.78 is 8.74. The third kappa shape index (κ3) is 11.4. The molecule has 106 heavy (non-hydrogen) atoms. The van der Waals surface area contributed by atoms with Crippen LogP contribution in [0.1, 0.15) is 22.3 Å². The lowest BCUT2D eigenvalue weighted by Crippen LogP contribution is -2.06. The maximum Gasteiger partial charge on any atom is 0.164 e. The van der Waals surface area contributed by atoms with Crippen LogP contribution in [-0.2, 0) is 0 Å². The minimum Gasteiger partial charge on any atom is -0.276 e. The van der Waals surface area contributed by atoms with Gasteiger partial charge in [0.15, 0.2) is 22.6 Å². The topological polar surface area (TPSA) is 123 Å². The third-order valence-electron chi connectivity index (χ3n) is 19.8. The largest absolute Gasteiger partial charge is 0.276 e. The van der Waals surface area contributed by atoms with Crippen LogP contribution in [0.2, 0.25) is 0 Å². The minimum atomic E-state index is 0.759. The van der Waals surface area contributed by atoms with Gasteiger partial charge in [0.25, 0.3) is 0 Å². The predicted molar refractivity (Wildman–Crippen MR) is 430 cm³/mol. The molecule has 12 nitrogen and oxygen atoms in total. The first-order valence-electron chi connectivity index (χ1n) is 35.6. The van der Waals surface area contributed by atoms with Crippen molar-refractivity contribution in [3.8, 4) is 124 Å². The van der Waals surface area contributed by atoms with E-state index in [1.54, 1.807) is 0 Å². The van der Waals surface area contributed by atoms with Gasteiger partial charge in [-0.3, -0.25) is 18.3 Å². The Balaban J connectivity index is 0.000000150. The van der Waals surface area contributed by atoms with E-state index in [9.17, 15) is 0 Å². The molecule has 0 atom stereocenters. The number of benzene rings is 11. The van der Waals surface area contributed by atoms with Gasteiger partial charge >= 0.3 is 0 Å². The van der Waals surface area contributed by atoms with Crippen LogP contribution in [0.25, 0.3) is 169 Å². The average molecular weight is 1370 g/mol. The van der Waals surface area contributed by atoms with Gasteiger partial charge in [-0.2, -0.15) is 0 Å². The van der Waals surface area contributed by atoms with E-state index in [4.69, 9.17) is 39.9 Å². The summed E-state index contributed by atoms with van der Waals surface area (Å²) >= 11 is 0. The van der Waals surface area contributed by atoms with Crippen molar-refractivity contribution in [2.45, 2.75) is 27.7 Å². The van der Waals surface area contributed by atoms with Crippen molar-refractivity contribution >= 4 is 44.7 Å². The minimum absolute atomic E-state index is 0.759. The summed E-state index contributed by atoms with van der Waals surface area (Å²) in [7, 11) is 0. The Labute approximate surface area is 613 Å². The molecule has 8 aromatic heterocycles. The monoisotopic (exact) mass is 1360 g/mol. The summed E-state index contributed by atoms with van der Waals surface area (Å²) in [5, 5.41) is 0. The van der Waals surface area contributed by atoms with Gasteiger partial charge in [0.2, 0.25) is 0 Å². The van der Waals surface area contributed by atoms with E-state index < -0.39 is 0 Å². The Bertz CT molecular complexity index is 6050. The molecule has 0 radical (unpaired) electrons. The summed E-state index contributed by atoms with van der Waals surface area (Å²) in [5.74, 6) is 3.12. The van der Waals surface area contributed by atoms with Gasteiger partial charge in [-0.1, -0.05) is 224 Å². The van der Waals surface area contributed by atoms with Crippen LogP contribution in [-0.4, -0.2) is 58.1 Å². The van der Waals surface area contributed by atoms with Gasteiger partial charge in [-0.15, -0.1) is 0 Å². The van der Waals surface area contributed by atoms with Gasteiger partial charge in [0.1, 0.15) is 45.4 Å². The van der Waals surface area contributed by atoms with Crippen molar-refractivity contribution in [1.29, 1.82) is 0 Å². The Morgan fingerprint density at radius 3 is 0.642 bits per heavy atom. The number of fused-ring (bicyclic) bond motifs is 4. The second kappa shape index (κ2) is 27.3. The summed E-state index contributed by atoms with van der Waals surface area (Å²) in [6.45, 7) is 8.51. The van der Waals surface area contributed by atoms with Crippen LogP contribution >= 0.6 is 0 Å². The van der Waals surface area contributed by atoms with Crippen molar-refractivity contribution in [3.05, 3.63) is 362 Å². The molecule has 8 heterocycles. The smallest absolute Gasteiger partial charge is 0.164 e. The quantitative estimate of drug-likeness (QED) is 0.112. The average Bonchev–Trinajstić information content (AvgIpc) is 1.08. The molecule has 0 bridgehead atoms. The molecule has 0 N–H and O–H groups in total. The maximum atomic E-state index is 5.55. The zero-order valence-corrected chi connectivity index (χ0v) is 58.7. The first-order chi connectivity index (χ1) is 52.3. The molecule has 0 fully saturated rings. The van der Waals surface area contributed by atoms with Crippen molar-refractivity contribution in [2.75, 3.05) is 0 Å². The highest BCUT2D eigenvalue weighted by atomic mass is 15.2. The van der Waals surface area contributed by atoms with E-state index in [2.05, 4.69) is 319 Å². The first kappa shape index (κ1) is 64.0. The fourth-order valence-electron chi connectivity index (χ4n) is 15.0. The number of aromatic nitrogens is 12. The number of aryl methyl sites for hydroxylation is 4. The molecule has 11 aromatic carbocycles. The van der Waals surface area contributed by atoms with Gasteiger partial charge in [-0.25, -0.2) is 39.9 Å². The molecular formula is C94H68N12.